The first kappa shape index (κ1) is 12.4. The molecule has 0 saturated carbocycles. The quantitative estimate of drug-likeness (QED) is 0.854. The average Bonchev–Trinajstić information content (AvgIpc) is 2.72. The Morgan fingerprint density at radius 3 is 2.94 bits per heavy atom. The van der Waals surface area contributed by atoms with Gasteiger partial charge in [-0.2, -0.15) is 0 Å². The fourth-order valence-corrected chi connectivity index (χ4v) is 2.57. The number of hydrogen-bond acceptors (Lipinski definition) is 4. The summed E-state index contributed by atoms with van der Waals surface area (Å²) in [6.45, 7) is 1.25. The lowest BCUT2D eigenvalue weighted by Crippen LogP contribution is -2.31. The highest BCUT2D eigenvalue weighted by Gasteiger charge is 2.05. The van der Waals surface area contributed by atoms with E-state index in [0.29, 0.717) is 13.1 Å². The van der Waals surface area contributed by atoms with Crippen LogP contribution in [0.5, 0.6) is 0 Å². The van der Waals surface area contributed by atoms with Crippen LogP contribution >= 0.6 is 11.3 Å². The third-order valence-electron chi connectivity index (χ3n) is 2.57. The van der Waals surface area contributed by atoms with Gasteiger partial charge in [-0.05, 0) is 49.1 Å². The molecule has 1 heterocycles. The van der Waals surface area contributed by atoms with Gasteiger partial charge in [-0.15, -0.1) is 11.3 Å². The normalized spacial score (nSPS) is 13.2. The highest BCUT2D eigenvalue weighted by Crippen LogP contribution is 2.23. The van der Waals surface area contributed by atoms with Gasteiger partial charge in [-0.1, -0.05) is 0 Å². The van der Waals surface area contributed by atoms with Gasteiger partial charge in [0.1, 0.15) is 0 Å². The van der Waals surface area contributed by atoms with Crippen molar-refractivity contribution in [1.29, 1.82) is 0 Å². The van der Waals surface area contributed by atoms with Crippen LogP contribution in [0.2, 0.25) is 0 Å². The summed E-state index contributed by atoms with van der Waals surface area (Å²) in [4.78, 5) is 1.98. The molecule has 1 unspecified atom stereocenters. The number of aliphatic hydroxyl groups excluding tert-OH is 1. The Morgan fingerprint density at radius 1 is 1.35 bits per heavy atom. The molecule has 0 bridgehead atoms. The van der Waals surface area contributed by atoms with Gasteiger partial charge in [0.2, 0.25) is 0 Å². The summed E-state index contributed by atoms with van der Waals surface area (Å²) < 4.78 is 1.30. The molecule has 0 aliphatic rings. The highest BCUT2D eigenvalue weighted by atomic mass is 32.1. The summed E-state index contributed by atoms with van der Waals surface area (Å²) in [6.07, 6.45) is -0.344. The lowest BCUT2D eigenvalue weighted by atomic mass is 10.2. The van der Waals surface area contributed by atoms with Crippen LogP contribution in [0.25, 0.3) is 10.1 Å². The van der Waals surface area contributed by atoms with Gasteiger partial charge >= 0.3 is 0 Å². The van der Waals surface area contributed by atoms with Gasteiger partial charge in [-0.25, -0.2) is 0 Å². The molecule has 0 aliphatic carbocycles. The summed E-state index contributed by atoms with van der Waals surface area (Å²) in [6, 6.07) is 8.40. The summed E-state index contributed by atoms with van der Waals surface area (Å²) in [5.74, 6) is 0. The van der Waals surface area contributed by atoms with E-state index in [2.05, 4.69) is 35.0 Å². The molecule has 0 saturated heterocycles. The van der Waals surface area contributed by atoms with Crippen LogP contribution in [-0.4, -0.2) is 43.3 Å². The van der Waals surface area contributed by atoms with E-state index in [-0.39, 0.29) is 6.10 Å². The van der Waals surface area contributed by atoms with Crippen molar-refractivity contribution in [2.24, 2.45) is 0 Å². The van der Waals surface area contributed by atoms with Crippen molar-refractivity contribution < 1.29 is 5.11 Å². The zero-order chi connectivity index (χ0) is 12.3. The third-order valence-corrected chi connectivity index (χ3v) is 3.47. The minimum atomic E-state index is -0.344. The largest absolute Gasteiger partial charge is 0.390 e. The van der Waals surface area contributed by atoms with E-state index in [1.165, 1.54) is 10.1 Å². The predicted molar refractivity (Wildman–Crippen MR) is 74.9 cm³/mol. The number of nitrogens with one attached hydrogen (secondary N) is 1. The van der Waals surface area contributed by atoms with Crippen LogP contribution in [0.3, 0.4) is 0 Å². The number of rotatable bonds is 5. The number of hydrogen-bond donors (Lipinski definition) is 2. The van der Waals surface area contributed by atoms with E-state index in [1.807, 2.05) is 19.0 Å². The Hall–Kier alpha value is -1.10. The van der Waals surface area contributed by atoms with Gasteiger partial charge in [-0.3, -0.25) is 0 Å². The van der Waals surface area contributed by atoms with E-state index < -0.39 is 0 Å². The van der Waals surface area contributed by atoms with Crippen LogP contribution in [0.4, 0.5) is 5.69 Å². The van der Waals surface area contributed by atoms with E-state index >= 15 is 0 Å². The molecule has 3 nitrogen and oxygen atoms in total. The van der Waals surface area contributed by atoms with Gasteiger partial charge in [0, 0.05) is 23.5 Å². The Labute approximate surface area is 106 Å². The van der Waals surface area contributed by atoms with E-state index in [9.17, 15) is 5.11 Å². The van der Waals surface area contributed by atoms with Crippen molar-refractivity contribution in [2.45, 2.75) is 6.10 Å². The van der Waals surface area contributed by atoms with Gasteiger partial charge in [0.05, 0.1) is 6.10 Å². The fourth-order valence-electron chi connectivity index (χ4n) is 1.80. The maximum absolute atomic E-state index is 9.75. The Bertz CT molecular complexity index is 481. The Kier molecular flexibility index (Phi) is 3.99. The van der Waals surface area contributed by atoms with Crippen LogP contribution in [0.1, 0.15) is 0 Å². The van der Waals surface area contributed by atoms with Gasteiger partial charge < -0.3 is 15.3 Å². The molecule has 1 aromatic carbocycles. The summed E-state index contributed by atoms with van der Waals surface area (Å²) in [5, 5.41) is 16.4. The molecule has 0 amide bonds. The Morgan fingerprint density at radius 2 is 2.18 bits per heavy atom. The lowest BCUT2D eigenvalue weighted by Gasteiger charge is -2.17. The fraction of sp³-hybridized carbons (Fsp3) is 0.385. The summed E-state index contributed by atoms with van der Waals surface area (Å²) >= 11 is 1.74. The number of nitrogens with zero attached hydrogens (tertiary/aromatic N) is 1. The van der Waals surface area contributed by atoms with Gasteiger partial charge in [0.15, 0.2) is 0 Å². The molecule has 2 aromatic rings. The molecular weight excluding hydrogens is 232 g/mol. The number of thiophene rings is 1. The second-order valence-corrected chi connectivity index (χ2v) is 5.42. The number of aliphatic hydroxyl groups is 1. The molecular formula is C13H18N2OS. The topological polar surface area (TPSA) is 35.5 Å². The van der Waals surface area contributed by atoms with Crippen molar-refractivity contribution in [3.63, 3.8) is 0 Å². The molecule has 0 spiro atoms. The second-order valence-electron chi connectivity index (χ2n) is 4.47. The third kappa shape index (κ3) is 3.43. The first-order valence-electron chi connectivity index (χ1n) is 5.69. The minimum absolute atomic E-state index is 0.344. The summed E-state index contributed by atoms with van der Waals surface area (Å²) in [5.41, 5.74) is 1.06. The molecule has 2 rings (SSSR count). The first-order valence-corrected chi connectivity index (χ1v) is 6.57. The van der Waals surface area contributed by atoms with Gasteiger partial charge in [0.25, 0.3) is 0 Å². The predicted octanol–water partition coefficient (Wildman–Crippen LogP) is 2.24. The number of fused-ring (bicyclic) bond motifs is 1. The van der Waals surface area contributed by atoms with Crippen molar-refractivity contribution in [3.05, 3.63) is 29.6 Å². The second kappa shape index (κ2) is 5.49. The van der Waals surface area contributed by atoms with E-state index in [1.54, 1.807) is 11.3 Å². The zero-order valence-corrected chi connectivity index (χ0v) is 11.0. The van der Waals surface area contributed by atoms with Crippen molar-refractivity contribution in [1.82, 2.24) is 4.90 Å². The number of anilines is 1. The monoisotopic (exact) mass is 250 g/mol. The summed E-state index contributed by atoms with van der Waals surface area (Å²) in [7, 11) is 3.92. The van der Waals surface area contributed by atoms with Crippen LogP contribution in [-0.2, 0) is 0 Å². The standard InChI is InChI=1S/C13H18N2OS/c1-15(2)9-12(16)8-14-11-3-4-13-10(7-11)5-6-17-13/h3-7,12,14,16H,8-9H2,1-2H3. The molecule has 17 heavy (non-hydrogen) atoms. The molecule has 0 fully saturated rings. The van der Waals surface area contributed by atoms with Crippen molar-refractivity contribution in [3.8, 4) is 0 Å². The Balaban J connectivity index is 1.94. The molecule has 2 N–H and O–H groups in total. The lowest BCUT2D eigenvalue weighted by molar-refractivity contribution is 0.148. The van der Waals surface area contributed by atoms with Crippen molar-refractivity contribution >= 4 is 27.1 Å². The molecule has 1 atom stereocenters. The van der Waals surface area contributed by atoms with Crippen LogP contribution < -0.4 is 5.32 Å². The first-order chi connectivity index (χ1) is 8.15. The van der Waals surface area contributed by atoms with E-state index in [0.717, 1.165) is 5.69 Å². The molecule has 0 radical (unpaired) electrons. The number of likely N-dealkylation sites (N-methyl/N-ethyl adjacent to an activating group) is 1. The molecule has 0 aliphatic heterocycles. The van der Waals surface area contributed by atoms with Crippen molar-refractivity contribution in [2.75, 3.05) is 32.5 Å². The maximum atomic E-state index is 9.75. The van der Waals surface area contributed by atoms with E-state index in [4.69, 9.17) is 0 Å². The molecule has 4 heteroatoms. The zero-order valence-electron chi connectivity index (χ0n) is 10.2. The SMILES string of the molecule is CN(C)CC(O)CNc1ccc2sccc2c1. The molecule has 92 valence electrons. The highest BCUT2D eigenvalue weighted by molar-refractivity contribution is 7.17. The average molecular weight is 250 g/mol. The van der Waals surface area contributed by atoms with Crippen LogP contribution in [0, 0.1) is 0 Å². The molecule has 1 aromatic heterocycles. The number of benzene rings is 1. The maximum Gasteiger partial charge on any atom is 0.0838 e. The van der Waals surface area contributed by atoms with Crippen LogP contribution in [0.15, 0.2) is 29.6 Å². The minimum Gasteiger partial charge on any atom is -0.390 e. The smallest absolute Gasteiger partial charge is 0.0838 e.